The molecule has 0 unspecified atom stereocenters. The monoisotopic (exact) mass is 427 g/mol. The molecule has 0 aromatic heterocycles. The van der Waals surface area contributed by atoms with E-state index in [0.717, 1.165) is 38.1 Å². The number of halogens is 1. The SMILES string of the molecule is COc1ccc(CNCCC2(c3ccc(F)cc3)C[C@@H](C(C)C)O[C@H](C(C)C)C2)cc1. The number of methoxy groups -OCH3 is 1. The summed E-state index contributed by atoms with van der Waals surface area (Å²) in [7, 11) is 1.69. The molecule has 1 heterocycles. The van der Waals surface area contributed by atoms with Gasteiger partial charge in [0.1, 0.15) is 11.6 Å². The van der Waals surface area contributed by atoms with Crippen LogP contribution in [-0.4, -0.2) is 25.9 Å². The lowest BCUT2D eigenvalue weighted by molar-refractivity contribution is -0.118. The highest BCUT2D eigenvalue weighted by molar-refractivity contribution is 5.28. The van der Waals surface area contributed by atoms with Crippen LogP contribution in [0.5, 0.6) is 5.75 Å². The molecule has 1 fully saturated rings. The summed E-state index contributed by atoms with van der Waals surface area (Å²) in [6.07, 6.45) is 3.39. The van der Waals surface area contributed by atoms with Gasteiger partial charge in [-0.3, -0.25) is 0 Å². The Bertz CT molecular complexity index is 785. The highest BCUT2D eigenvalue weighted by atomic mass is 19.1. The van der Waals surface area contributed by atoms with Crippen molar-refractivity contribution in [3.05, 3.63) is 65.5 Å². The second-order valence-corrected chi connectivity index (χ2v) is 9.67. The third kappa shape index (κ3) is 6.08. The molecule has 2 aromatic carbocycles. The molecular weight excluding hydrogens is 389 g/mol. The van der Waals surface area contributed by atoms with Gasteiger partial charge in [0.15, 0.2) is 0 Å². The Morgan fingerprint density at radius 1 is 0.968 bits per heavy atom. The summed E-state index contributed by atoms with van der Waals surface area (Å²) < 4.78 is 25.4. The average molecular weight is 428 g/mol. The van der Waals surface area contributed by atoms with Gasteiger partial charge in [0, 0.05) is 12.0 Å². The fourth-order valence-electron chi connectivity index (χ4n) is 4.65. The van der Waals surface area contributed by atoms with Gasteiger partial charge in [-0.05, 0) is 73.0 Å². The molecule has 0 aliphatic carbocycles. The molecule has 3 rings (SSSR count). The van der Waals surface area contributed by atoms with Gasteiger partial charge in [0.2, 0.25) is 0 Å². The molecule has 1 aliphatic rings. The van der Waals surface area contributed by atoms with Crippen LogP contribution in [0.15, 0.2) is 48.5 Å². The van der Waals surface area contributed by atoms with Crippen LogP contribution < -0.4 is 10.1 Å². The third-order valence-electron chi connectivity index (χ3n) is 6.75. The highest BCUT2D eigenvalue weighted by Crippen LogP contribution is 2.45. The molecule has 1 saturated heterocycles. The molecule has 170 valence electrons. The molecule has 31 heavy (non-hydrogen) atoms. The Hall–Kier alpha value is -1.91. The summed E-state index contributed by atoms with van der Waals surface area (Å²) in [6.45, 7) is 10.7. The minimum atomic E-state index is -0.176. The number of hydrogen-bond donors (Lipinski definition) is 1. The van der Waals surface area contributed by atoms with E-state index < -0.39 is 0 Å². The first-order valence-electron chi connectivity index (χ1n) is 11.6. The van der Waals surface area contributed by atoms with Gasteiger partial charge in [-0.2, -0.15) is 0 Å². The van der Waals surface area contributed by atoms with E-state index in [2.05, 4.69) is 45.1 Å². The van der Waals surface area contributed by atoms with Crippen LogP contribution >= 0.6 is 0 Å². The molecular formula is C27H38FNO2. The molecule has 2 atom stereocenters. The maximum absolute atomic E-state index is 13.7. The predicted octanol–water partition coefficient (Wildman–Crippen LogP) is 6.11. The van der Waals surface area contributed by atoms with E-state index in [9.17, 15) is 4.39 Å². The standard InChI is InChI=1S/C27H38FNO2/c1-19(2)25-16-27(17-26(31-25)20(3)4,22-8-10-23(28)11-9-22)14-15-29-18-21-6-12-24(30-5)13-7-21/h6-13,19-20,25-26,29H,14-18H2,1-5H3/t25-,26-/m0/s1. The molecule has 0 radical (unpaired) electrons. The van der Waals surface area contributed by atoms with E-state index in [1.54, 1.807) is 19.2 Å². The molecule has 0 amide bonds. The normalized spacial score (nSPS) is 24.0. The zero-order valence-electron chi connectivity index (χ0n) is 19.7. The van der Waals surface area contributed by atoms with E-state index in [1.165, 1.54) is 11.1 Å². The zero-order chi connectivity index (χ0) is 22.4. The fraction of sp³-hybridized carbons (Fsp3) is 0.556. The van der Waals surface area contributed by atoms with Gasteiger partial charge in [0.25, 0.3) is 0 Å². The second kappa shape index (κ2) is 10.6. The quantitative estimate of drug-likeness (QED) is 0.490. The first-order valence-corrected chi connectivity index (χ1v) is 11.6. The van der Waals surface area contributed by atoms with Crippen molar-refractivity contribution in [3.8, 4) is 5.75 Å². The molecule has 0 spiro atoms. The zero-order valence-corrected chi connectivity index (χ0v) is 19.7. The van der Waals surface area contributed by atoms with Gasteiger partial charge in [-0.25, -0.2) is 4.39 Å². The van der Waals surface area contributed by atoms with Crippen molar-refractivity contribution in [2.75, 3.05) is 13.7 Å². The summed E-state index contributed by atoms with van der Waals surface area (Å²) in [5.41, 5.74) is 2.46. The van der Waals surface area contributed by atoms with Gasteiger partial charge >= 0.3 is 0 Å². The lowest BCUT2D eigenvalue weighted by atomic mass is 9.66. The van der Waals surface area contributed by atoms with Crippen molar-refractivity contribution < 1.29 is 13.9 Å². The van der Waals surface area contributed by atoms with Crippen LogP contribution in [-0.2, 0) is 16.7 Å². The minimum absolute atomic E-state index is 0.0112. The minimum Gasteiger partial charge on any atom is -0.497 e. The van der Waals surface area contributed by atoms with Crippen LogP contribution in [0.2, 0.25) is 0 Å². The maximum atomic E-state index is 13.7. The Morgan fingerprint density at radius 2 is 1.55 bits per heavy atom. The first-order chi connectivity index (χ1) is 14.8. The van der Waals surface area contributed by atoms with Crippen molar-refractivity contribution in [3.63, 3.8) is 0 Å². The molecule has 1 aliphatic heterocycles. The van der Waals surface area contributed by atoms with Crippen LogP contribution in [0.3, 0.4) is 0 Å². The van der Waals surface area contributed by atoms with E-state index in [1.807, 2.05) is 24.3 Å². The van der Waals surface area contributed by atoms with Crippen molar-refractivity contribution in [2.24, 2.45) is 11.8 Å². The van der Waals surface area contributed by atoms with E-state index in [4.69, 9.17) is 9.47 Å². The topological polar surface area (TPSA) is 30.5 Å². The Balaban J connectivity index is 1.76. The molecule has 4 heteroatoms. The van der Waals surface area contributed by atoms with Crippen molar-refractivity contribution in [1.82, 2.24) is 5.32 Å². The molecule has 2 aromatic rings. The molecule has 3 nitrogen and oxygen atoms in total. The van der Waals surface area contributed by atoms with Crippen LogP contribution in [0, 0.1) is 17.7 Å². The lowest BCUT2D eigenvalue weighted by Crippen LogP contribution is -2.48. The second-order valence-electron chi connectivity index (χ2n) is 9.67. The fourth-order valence-corrected chi connectivity index (χ4v) is 4.65. The summed E-state index contributed by atoms with van der Waals surface area (Å²) >= 11 is 0. The Morgan fingerprint density at radius 3 is 2.06 bits per heavy atom. The number of rotatable bonds is 9. The van der Waals surface area contributed by atoms with Crippen molar-refractivity contribution in [1.29, 1.82) is 0 Å². The molecule has 0 saturated carbocycles. The van der Waals surface area contributed by atoms with Crippen molar-refractivity contribution in [2.45, 2.75) is 71.1 Å². The van der Waals surface area contributed by atoms with E-state index in [-0.39, 0.29) is 23.4 Å². The number of ether oxygens (including phenoxy) is 2. The summed E-state index contributed by atoms with van der Waals surface area (Å²) in [5.74, 6) is 1.60. The largest absolute Gasteiger partial charge is 0.497 e. The summed E-state index contributed by atoms with van der Waals surface area (Å²) in [5, 5.41) is 3.62. The summed E-state index contributed by atoms with van der Waals surface area (Å²) in [6, 6.07) is 15.4. The Kier molecular flexibility index (Phi) is 8.12. The number of hydrogen-bond acceptors (Lipinski definition) is 3. The first kappa shape index (κ1) is 23.7. The number of benzene rings is 2. The van der Waals surface area contributed by atoms with Gasteiger partial charge in [-0.15, -0.1) is 0 Å². The summed E-state index contributed by atoms with van der Waals surface area (Å²) in [4.78, 5) is 0. The number of nitrogens with one attached hydrogen (secondary N) is 1. The molecule has 0 bridgehead atoms. The highest BCUT2D eigenvalue weighted by Gasteiger charge is 2.43. The van der Waals surface area contributed by atoms with Crippen LogP contribution in [0.25, 0.3) is 0 Å². The third-order valence-corrected chi connectivity index (χ3v) is 6.75. The molecule has 1 N–H and O–H groups in total. The maximum Gasteiger partial charge on any atom is 0.123 e. The Labute approximate surface area is 187 Å². The lowest BCUT2D eigenvalue weighted by Gasteiger charge is -2.48. The van der Waals surface area contributed by atoms with Crippen LogP contribution in [0.4, 0.5) is 4.39 Å². The smallest absolute Gasteiger partial charge is 0.123 e. The van der Waals surface area contributed by atoms with E-state index >= 15 is 0 Å². The average Bonchev–Trinajstić information content (AvgIpc) is 2.77. The predicted molar refractivity (Wildman–Crippen MR) is 125 cm³/mol. The van der Waals surface area contributed by atoms with Crippen molar-refractivity contribution >= 4 is 0 Å². The van der Waals surface area contributed by atoms with Gasteiger partial charge in [-0.1, -0.05) is 52.0 Å². The van der Waals surface area contributed by atoms with E-state index in [0.29, 0.717) is 11.8 Å². The van der Waals surface area contributed by atoms with Gasteiger partial charge < -0.3 is 14.8 Å². The van der Waals surface area contributed by atoms with Gasteiger partial charge in [0.05, 0.1) is 19.3 Å². The van der Waals surface area contributed by atoms with Crippen LogP contribution in [0.1, 0.15) is 58.1 Å².